The molecule has 0 aliphatic carbocycles. The van der Waals surface area contributed by atoms with E-state index in [2.05, 4.69) is 31.9 Å². The van der Waals surface area contributed by atoms with Crippen molar-refractivity contribution in [2.24, 2.45) is 5.73 Å². The first-order valence-corrected chi connectivity index (χ1v) is 6.13. The van der Waals surface area contributed by atoms with Crippen LogP contribution in [0.4, 0.5) is 4.39 Å². The third kappa shape index (κ3) is 2.21. The maximum Gasteiger partial charge on any atom is 0.169 e. The van der Waals surface area contributed by atoms with E-state index in [9.17, 15) is 4.39 Å². The number of hydrogen-bond acceptors (Lipinski definition) is 2. The summed E-state index contributed by atoms with van der Waals surface area (Å²) in [4.78, 5) is 0. The van der Waals surface area contributed by atoms with Crippen molar-refractivity contribution >= 4 is 31.9 Å². The summed E-state index contributed by atoms with van der Waals surface area (Å²) in [6.07, 6.45) is 0. The molecule has 2 aromatic rings. The van der Waals surface area contributed by atoms with E-state index in [1.54, 1.807) is 24.3 Å². The minimum Gasteiger partial charge on any atom is -0.452 e. The van der Waals surface area contributed by atoms with Crippen molar-refractivity contribution in [3.8, 4) is 0 Å². The standard InChI is InChI=1S/C11H8Br2FNO/c12-6-2-1-3-7(14)10(6)11(15)8-4-5-9(13)16-8/h1-5,11H,15H2. The normalized spacial score (nSPS) is 12.8. The summed E-state index contributed by atoms with van der Waals surface area (Å²) in [5, 5.41) is 0. The molecule has 0 aliphatic heterocycles. The molecule has 1 heterocycles. The molecule has 84 valence electrons. The molecule has 1 aromatic heterocycles. The number of benzene rings is 1. The van der Waals surface area contributed by atoms with Gasteiger partial charge in [0.2, 0.25) is 0 Å². The molecule has 0 saturated heterocycles. The number of nitrogens with two attached hydrogens (primary N) is 1. The zero-order valence-corrected chi connectivity index (χ0v) is 11.3. The molecule has 0 radical (unpaired) electrons. The molecule has 5 heteroatoms. The van der Waals surface area contributed by atoms with Gasteiger partial charge in [-0.25, -0.2) is 4.39 Å². The summed E-state index contributed by atoms with van der Waals surface area (Å²) in [6, 6.07) is 7.56. The molecule has 0 bridgehead atoms. The summed E-state index contributed by atoms with van der Waals surface area (Å²) in [5.74, 6) is 0.159. The Morgan fingerprint density at radius 2 is 1.94 bits per heavy atom. The molecule has 1 atom stereocenters. The molecule has 2 N–H and O–H groups in total. The van der Waals surface area contributed by atoms with Gasteiger partial charge in [0.05, 0.1) is 6.04 Å². The molecule has 2 nitrogen and oxygen atoms in total. The Hall–Kier alpha value is -0.650. The monoisotopic (exact) mass is 347 g/mol. The Labute approximate surface area is 109 Å². The van der Waals surface area contributed by atoms with E-state index in [1.807, 2.05) is 0 Å². The minimum absolute atomic E-state index is 0.352. The number of rotatable bonds is 2. The van der Waals surface area contributed by atoms with Crippen LogP contribution in [0.2, 0.25) is 0 Å². The Bertz CT molecular complexity index is 492. The van der Waals surface area contributed by atoms with Gasteiger partial charge >= 0.3 is 0 Å². The SMILES string of the molecule is NC(c1ccc(Br)o1)c1c(F)cccc1Br. The molecule has 1 aromatic carbocycles. The third-order valence-corrected chi connectivity index (χ3v) is 3.33. The van der Waals surface area contributed by atoms with Gasteiger partial charge in [0.25, 0.3) is 0 Å². The lowest BCUT2D eigenvalue weighted by Crippen LogP contribution is -2.13. The summed E-state index contributed by atoms with van der Waals surface area (Å²) >= 11 is 6.46. The smallest absolute Gasteiger partial charge is 0.169 e. The first-order valence-electron chi connectivity index (χ1n) is 4.54. The summed E-state index contributed by atoms with van der Waals surface area (Å²) in [5.41, 5.74) is 6.34. The average Bonchev–Trinajstić information content (AvgIpc) is 2.64. The van der Waals surface area contributed by atoms with E-state index < -0.39 is 6.04 Å². The lowest BCUT2D eigenvalue weighted by atomic mass is 10.1. The lowest BCUT2D eigenvalue weighted by Gasteiger charge is -2.12. The van der Waals surface area contributed by atoms with E-state index in [-0.39, 0.29) is 5.82 Å². The highest BCUT2D eigenvalue weighted by Crippen LogP contribution is 2.30. The fourth-order valence-electron chi connectivity index (χ4n) is 1.45. The van der Waals surface area contributed by atoms with Crippen LogP contribution in [0.25, 0.3) is 0 Å². The molecule has 0 saturated carbocycles. The summed E-state index contributed by atoms with van der Waals surface area (Å²) < 4.78 is 20.2. The predicted octanol–water partition coefficient (Wildman–Crippen LogP) is 3.99. The lowest BCUT2D eigenvalue weighted by molar-refractivity contribution is 0.462. The van der Waals surface area contributed by atoms with Gasteiger partial charge in [0, 0.05) is 10.0 Å². The molecular weight excluding hydrogens is 341 g/mol. The van der Waals surface area contributed by atoms with E-state index in [0.29, 0.717) is 20.5 Å². The van der Waals surface area contributed by atoms with Crippen molar-refractivity contribution in [2.45, 2.75) is 6.04 Å². The largest absolute Gasteiger partial charge is 0.452 e. The van der Waals surface area contributed by atoms with Crippen molar-refractivity contribution in [3.63, 3.8) is 0 Å². The fourth-order valence-corrected chi connectivity index (χ4v) is 2.35. The van der Waals surface area contributed by atoms with Crippen LogP contribution in [-0.4, -0.2) is 0 Å². The van der Waals surface area contributed by atoms with Crippen LogP contribution in [0, 0.1) is 5.82 Å². The maximum atomic E-state index is 13.6. The fraction of sp³-hybridized carbons (Fsp3) is 0.0909. The van der Waals surface area contributed by atoms with Gasteiger partial charge in [-0.05, 0) is 40.2 Å². The van der Waals surface area contributed by atoms with Gasteiger partial charge in [0.1, 0.15) is 11.6 Å². The molecule has 0 amide bonds. The summed E-state index contributed by atoms with van der Waals surface area (Å²) in [7, 11) is 0. The van der Waals surface area contributed by atoms with Gasteiger partial charge in [-0.3, -0.25) is 0 Å². The molecule has 0 aliphatic rings. The van der Waals surface area contributed by atoms with Gasteiger partial charge in [-0.2, -0.15) is 0 Å². The summed E-state index contributed by atoms with van der Waals surface area (Å²) in [6.45, 7) is 0. The Morgan fingerprint density at radius 1 is 1.19 bits per heavy atom. The van der Waals surface area contributed by atoms with E-state index in [4.69, 9.17) is 10.2 Å². The van der Waals surface area contributed by atoms with Crippen LogP contribution in [0.5, 0.6) is 0 Å². The number of furan rings is 1. The minimum atomic E-state index is -0.623. The van der Waals surface area contributed by atoms with E-state index in [1.165, 1.54) is 6.07 Å². The second kappa shape index (κ2) is 4.69. The first kappa shape index (κ1) is 11.8. The van der Waals surface area contributed by atoms with Crippen molar-refractivity contribution in [1.82, 2.24) is 0 Å². The zero-order chi connectivity index (χ0) is 11.7. The van der Waals surface area contributed by atoms with E-state index >= 15 is 0 Å². The Kier molecular flexibility index (Phi) is 3.47. The van der Waals surface area contributed by atoms with Crippen LogP contribution in [0.1, 0.15) is 17.4 Å². The molecular formula is C11H8Br2FNO. The third-order valence-electron chi connectivity index (χ3n) is 2.21. The average molecular weight is 349 g/mol. The van der Waals surface area contributed by atoms with E-state index in [0.717, 1.165) is 0 Å². The first-order chi connectivity index (χ1) is 7.59. The second-order valence-corrected chi connectivity index (χ2v) is 4.89. The number of hydrogen-bond donors (Lipinski definition) is 1. The van der Waals surface area contributed by atoms with Crippen LogP contribution in [0.15, 0.2) is 43.9 Å². The van der Waals surface area contributed by atoms with Crippen molar-refractivity contribution in [1.29, 1.82) is 0 Å². The Morgan fingerprint density at radius 3 is 2.50 bits per heavy atom. The van der Waals surface area contributed by atoms with Crippen molar-refractivity contribution in [2.75, 3.05) is 0 Å². The van der Waals surface area contributed by atoms with Gasteiger partial charge in [-0.1, -0.05) is 22.0 Å². The predicted molar refractivity (Wildman–Crippen MR) is 66.5 cm³/mol. The zero-order valence-electron chi connectivity index (χ0n) is 8.08. The highest BCUT2D eigenvalue weighted by Gasteiger charge is 2.19. The molecule has 1 unspecified atom stereocenters. The Balaban J connectivity index is 2.45. The maximum absolute atomic E-state index is 13.6. The van der Waals surface area contributed by atoms with Gasteiger partial charge in [-0.15, -0.1) is 0 Å². The molecule has 0 fully saturated rings. The molecule has 16 heavy (non-hydrogen) atoms. The van der Waals surface area contributed by atoms with Crippen molar-refractivity contribution < 1.29 is 8.81 Å². The highest BCUT2D eigenvalue weighted by molar-refractivity contribution is 9.10. The quantitative estimate of drug-likeness (QED) is 0.891. The van der Waals surface area contributed by atoms with Gasteiger partial charge < -0.3 is 10.2 Å². The van der Waals surface area contributed by atoms with Crippen LogP contribution in [0.3, 0.4) is 0 Å². The van der Waals surface area contributed by atoms with Gasteiger partial charge in [0.15, 0.2) is 4.67 Å². The topological polar surface area (TPSA) is 39.2 Å². The molecule has 2 rings (SSSR count). The molecule has 0 spiro atoms. The van der Waals surface area contributed by atoms with Crippen molar-refractivity contribution in [3.05, 3.63) is 56.6 Å². The van der Waals surface area contributed by atoms with Crippen LogP contribution >= 0.6 is 31.9 Å². The van der Waals surface area contributed by atoms with Crippen LogP contribution < -0.4 is 5.73 Å². The van der Waals surface area contributed by atoms with Crippen LogP contribution in [-0.2, 0) is 0 Å². The second-order valence-electron chi connectivity index (χ2n) is 3.25. The highest BCUT2D eigenvalue weighted by atomic mass is 79.9. The number of halogens is 3.